The second kappa shape index (κ2) is 9.81. The minimum absolute atomic E-state index is 0.0470. The van der Waals surface area contributed by atoms with Crippen molar-refractivity contribution >= 4 is 23.6 Å². The van der Waals surface area contributed by atoms with Crippen LogP contribution in [-0.4, -0.2) is 30.6 Å². The van der Waals surface area contributed by atoms with Gasteiger partial charge in [-0.2, -0.15) is 0 Å². The molecule has 8 heteroatoms. The summed E-state index contributed by atoms with van der Waals surface area (Å²) in [5.41, 5.74) is 5.43. The zero-order chi connectivity index (χ0) is 19.6. The van der Waals surface area contributed by atoms with E-state index < -0.39 is 24.0 Å². The summed E-state index contributed by atoms with van der Waals surface area (Å²) in [5, 5.41) is 4.92. The number of para-hydroxylation sites is 1. The Kier molecular flexibility index (Phi) is 7.18. The van der Waals surface area contributed by atoms with Crippen molar-refractivity contribution < 1.29 is 23.9 Å². The number of rotatable bonds is 8. The molecule has 3 amide bonds. The molecule has 0 saturated heterocycles. The van der Waals surface area contributed by atoms with Crippen molar-refractivity contribution in [1.82, 2.24) is 5.32 Å². The van der Waals surface area contributed by atoms with Crippen LogP contribution >= 0.6 is 0 Å². The summed E-state index contributed by atoms with van der Waals surface area (Å²) in [6, 6.07) is 15.4. The van der Waals surface area contributed by atoms with Crippen molar-refractivity contribution in [2.45, 2.75) is 19.4 Å². The Bertz CT molecular complexity index is 778. The number of benzene rings is 2. The fourth-order valence-corrected chi connectivity index (χ4v) is 2.07. The van der Waals surface area contributed by atoms with E-state index in [1.165, 1.54) is 6.92 Å². The molecule has 142 valence electrons. The summed E-state index contributed by atoms with van der Waals surface area (Å²) in [6.45, 7) is 1.51. The molecule has 0 heterocycles. The lowest BCUT2D eigenvalue weighted by Crippen LogP contribution is -2.33. The number of esters is 1. The first-order valence-corrected chi connectivity index (χ1v) is 8.30. The molecule has 0 radical (unpaired) electrons. The number of nitrogens with one attached hydrogen (secondary N) is 2. The van der Waals surface area contributed by atoms with Crippen LogP contribution in [0.1, 0.15) is 13.3 Å². The number of nitrogens with two attached hydrogens (primary N) is 1. The van der Waals surface area contributed by atoms with E-state index in [0.29, 0.717) is 17.2 Å². The average Bonchev–Trinajstić information content (AvgIpc) is 2.63. The van der Waals surface area contributed by atoms with E-state index in [2.05, 4.69) is 10.6 Å². The molecule has 8 nitrogen and oxygen atoms in total. The van der Waals surface area contributed by atoms with Gasteiger partial charge < -0.3 is 25.8 Å². The Hall–Kier alpha value is -3.55. The molecule has 2 aromatic rings. The summed E-state index contributed by atoms with van der Waals surface area (Å²) in [7, 11) is 0. The average molecular weight is 371 g/mol. The molecule has 1 atom stereocenters. The van der Waals surface area contributed by atoms with Crippen LogP contribution in [0.4, 0.5) is 10.5 Å². The second-order valence-corrected chi connectivity index (χ2v) is 5.60. The minimum atomic E-state index is -0.980. The van der Waals surface area contributed by atoms with Crippen LogP contribution < -0.4 is 21.1 Å². The van der Waals surface area contributed by atoms with Gasteiger partial charge in [-0.3, -0.25) is 9.59 Å². The first-order chi connectivity index (χ1) is 12.9. The van der Waals surface area contributed by atoms with Crippen LogP contribution in [0.15, 0.2) is 54.6 Å². The van der Waals surface area contributed by atoms with Crippen LogP contribution in [-0.2, 0) is 14.3 Å². The van der Waals surface area contributed by atoms with Crippen molar-refractivity contribution in [3.05, 3.63) is 54.6 Å². The van der Waals surface area contributed by atoms with Crippen molar-refractivity contribution in [2.24, 2.45) is 5.73 Å². The van der Waals surface area contributed by atoms with Gasteiger partial charge in [0.2, 0.25) is 0 Å². The maximum atomic E-state index is 12.1. The summed E-state index contributed by atoms with van der Waals surface area (Å²) in [6.07, 6.45) is -1.06. The number of ether oxygens (including phenoxy) is 2. The molecule has 0 aliphatic rings. The predicted molar refractivity (Wildman–Crippen MR) is 99.3 cm³/mol. The molecule has 4 N–H and O–H groups in total. The highest BCUT2D eigenvalue weighted by Gasteiger charge is 2.17. The molecular formula is C19H21N3O5. The maximum absolute atomic E-state index is 12.1. The van der Waals surface area contributed by atoms with Gasteiger partial charge >= 0.3 is 12.0 Å². The molecule has 0 aliphatic carbocycles. The standard InChI is InChI=1S/C19H21N3O5/c1-13(26-17(23)11-12-21-19(20)25)18(24)22-14-7-9-16(10-8-14)27-15-5-3-2-4-6-15/h2-10,13H,11-12H2,1H3,(H,22,24)(H3,20,21,25)/t13-/m1/s1. The van der Waals surface area contributed by atoms with Gasteiger partial charge in [0.1, 0.15) is 11.5 Å². The molecule has 0 saturated carbocycles. The van der Waals surface area contributed by atoms with Crippen molar-refractivity contribution in [3.63, 3.8) is 0 Å². The van der Waals surface area contributed by atoms with Gasteiger partial charge in [0.25, 0.3) is 5.91 Å². The van der Waals surface area contributed by atoms with E-state index in [-0.39, 0.29) is 13.0 Å². The smallest absolute Gasteiger partial charge is 0.312 e. The van der Waals surface area contributed by atoms with E-state index in [1.54, 1.807) is 24.3 Å². The number of anilines is 1. The summed E-state index contributed by atoms with van der Waals surface area (Å²) >= 11 is 0. The Morgan fingerprint density at radius 1 is 1.00 bits per heavy atom. The van der Waals surface area contributed by atoms with Gasteiger partial charge in [0.05, 0.1) is 6.42 Å². The zero-order valence-electron chi connectivity index (χ0n) is 14.8. The Morgan fingerprint density at radius 3 is 2.26 bits per heavy atom. The second-order valence-electron chi connectivity index (χ2n) is 5.60. The fraction of sp³-hybridized carbons (Fsp3) is 0.211. The SMILES string of the molecule is C[C@@H](OC(=O)CCNC(N)=O)C(=O)Nc1ccc(Oc2ccccc2)cc1. The van der Waals surface area contributed by atoms with Crippen molar-refractivity contribution in [2.75, 3.05) is 11.9 Å². The highest BCUT2D eigenvalue weighted by molar-refractivity contribution is 5.95. The zero-order valence-corrected chi connectivity index (χ0v) is 14.8. The van der Waals surface area contributed by atoms with Gasteiger partial charge in [-0.05, 0) is 43.3 Å². The van der Waals surface area contributed by atoms with Gasteiger partial charge in [-0.15, -0.1) is 0 Å². The molecule has 27 heavy (non-hydrogen) atoms. The molecule has 0 unspecified atom stereocenters. The molecule has 0 aliphatic heterocycles. The minimum Gasteiger partial charge on any atom is -0.457 e. The van der Waals surface area contributed by atoms with Crippen LogP contribution in [0.2, 0.25) is 0 Å². The maximum Gasteiger partial charge on any atom is 0.312 e. The first kappa shape index (κ1) is 19.8. The Balaban J connectivity index is 1.80. The highest BCUT2D eigenvalue weighted by Crippen LogP contribution is 2.22. The molecule has 0 bridgehead atoms. The monoisotopic (exact) mass is 371 g/mol. The molecule has 0 aromatic heterocycles. The molecular weight excluding hydrogens is 350 g/mol. The number of hydrogen-bond donors (Lipinski definition) is 3. The first-order valence-electron chi connectivity index (χ1n) is 8.30. The summed E-state index contributed by atoms with van der Waals surface area (Å²) in [5.74, 6) is 0.252. The lowest BCUT2D eigenvalue weighted by atomic mass is 10.2. The Morgan fingerprint density at radius 2 is 1.63 bits per heavy atom. The van der Waals surface area contributed by atoms with Crippen molar-refractivity contribution in [3.8, 4) is 11.5 Å². The van der Waals surface area contributed by atoms with E-state index >= 15 is 0 Å². The van der Waals surface area contributed by atoms with Crippen LogP contribution in [0.3, 0.4) is 0 Å². The third-order valence-corrected chi connectivity index (χ3v) is 3.41. The van der Waals surface area contributed by atoms with Crippen molar-refractivity contribution in [1.29, 1.82) is 0 Å². The van der Waals surface area contributed by atoms with Gasteiger partial charge in [-0.25, -0.2) is 4.79 Å². The van der Waals surface area contributed by atoms with Gasteiger partial charge in [0, 0.05) is 12.2 Å². The third-order valence-electron chi connectivity index (χ3n) is 3.41. The number of urea groups is 1. The summed E-state index contributed by atoms with van der Waals surface area (Å²) < 4.78 is 10.7. The number of hydrogen-bond acceptors (Lipinski definition) is 5. The summed E-state index contributed by atoms with van der Waals surface area (Å²) in [4.78, 5) is 34.2. The molecule has 0 fully saturated rings. The predicted octanol–water partition coefficient (Wildman–Crippen LogP) is 2.41. The molecule has 0 spiro atoms. The van der Waals surface area contributed by atoms with Gasteiger partial charge in [0.15, 0.2) is 6.10 Å². The lowest BCUT2D eigenvalue weighted by molar-refractivity contribution is -0.153. The normalized spacial score (nSPS) is 11.1. The fourth-order valence-electron chi connectivity index (χ4n) is 2.07. The van der Waals surface area contributed by atoms with Crippen LogP contribution in [0.25, 0.3) is 0 Å². The lowest BCUT2D eigenvalue weighted by Gasteiger charge is -2.14. The van der Waals surface area contributed by atoms with Crippen LogP contribution in [0.5, 0.6) is 11.5 Å². The van der Waals surface area contributed by atoms with E-state index in [4.69, 9.17) is 15.2 Å². The number of amides is 3. The molecule has 2 rings (SSSR count). The third kappa shape index (κ3) is 7.07. The Labute approximate surface area is 156 Å². The van der Waals surface area contributed by atoms with Crippen LogP contribution in [0, 0.1) is 0 Å². The topological polar surface area (TPSA) is 120 Å². The van der Waals surface area contributed by atoms with E-state index in [9.17, 15) is 14.4 Å². The highest BCUT2D eigenvalue weighted by atomic mass is 16.5. The number of carbonyl (C=O) groups is 3. The molecule has 2 aromatic carbocycles. The quantitative estimate of drug-likeness (QED) is 0.616. The number of primary amides is 1. The number of carbonyl (C=O) groups excluding carboxylic acids is 3. The largest absolute Gasteiger partial charge is 0.457 e. The van der Waals surface area contributed by atoms with E-state index in [1.807, 2.05) is 30.3 Å². The van der Waals surface area contributed by atoms with E-state index in [0.717, 1.165) is 0 Å². The van der Waals surface area contributed by atoms with Gasteiger partial charge in [-0.1, -0.05) is 18.2 Å².